The molecule has 0 amide bonds. The predicted molar refractivity (Wildman–Crippen MR) is 102 cm³/mol. The minimum Gasteiger partial charge on any atom is -0.743 e. The van der Waals surface area contributed by atoms with Gasteiger partial charge in [0.05, 0.1) is 12.0 Å². The van der Waals surface area contributed by atoms with Crippen LogP contribution >= 0.6 is 0 Å². The number of carbonyl (C=O) groups excluding carboxylic acids is 1. The molecule has 3 unspecified atom stereocenters. The van der Waals surface area contributed by atoms with Crippen LogP contribution in [0.4, 0.5) is 35.1 Å². The molecule has 0 aromatic heterocycles. The van der Waals surface area contributed by atoms with E-state index in [1.807, 2.05) is 0 Å². The molecular weight excluding hydrogens is 552 g/mol. The van der Waals surface area contributed by atoms with Crippen LogP contribution in [0.2, 0.25) is 0 Å². The van der Waals surface area contributed by atoms with Crippen molar-refractivity contribution in [2.75, 3.05) is 19.8 Å². The van der Waals surface area contributed by atoms with E-state index in [4.69, 9.17) is 14.2 Å². The number of ether oxygens (including phenoxy) is 4. The molecule has 214 valence electrons. The average Bonchev–Trinajstić information content (AvgIpc) is 2.84. The topological polar surface area (TPSA) is 111 Å². The Labute approximate surface area is 205 Å². The molecule has 5 aliphatic rings. The zero-order valence-corrected chi connectivity index (χ0v) is 20.0. The van der Waals surface area contributed by atoms with Gasteiger partial charge in [-0.2, -0.15) is 35.1 Å². The lowest BCUT2D eigenvalue weighted by atomic mass is 9.47. The molecule has 37 heavy (non-hydrogen) atoms. The smallest absolute Gasteiger partial charge is 0.433 e. The van der Waals surface area contributed by atoms with E-state index in [0.717, 1.165) is 6.92 Å². The van der Waals surface area contributed by atoms with Gasteiger partial charge in [0.15, 0.2) is 15.9 Å². The van der Waals surface area contributed by atoms with Crippen LogP contribution in [-0.4, -0.2) is 73.9 Å². The number of esters is 1. The quantitative estimate of drug-likeness (QED) is 0.258. The first kappa shape index (κ1) is 28.7. The van der Waals surface area contributed by atoms with Crippen LogP contribution in [0.15, 0.2) is 0 Å². The highest BCUT2D eigenvalue weighted by Gasteiger charge is 2.70. The lowest BCUT2D eigenvalue weighted by Crippen LogP contribution is -2.65. The largest absolute Gasteiger partial charge is 0.743 e. The summed E-state index contributed by atoms with van der Waals surface area (Å²) in [6.45, 7) is -3.55. The molecule has 0 radical (unpaired) electrons. The van der Waals surface area contributed by atoms with Crippen LogP contribution in [0.3, 0.4) is 0 Å². The average molecular weight is 575 g/mol. The van der Waals surface area contributed by atoms with Gasteiger partial charge in [0.2, 0.25) is 0 Å². The summed E-state index contributed by atoms with van der Waals surface area (Å²) >= 11 is 0. The number of carbonyl (C=O) groups is 1. The Morgan fingerprint density at radius 1 is 1.00 bits per heavy atom. The minimum absolute atomic E-state index is 0.0633. The van der Waals surface area contributed by atoms with Gasteiger partial charge in [-0.25, -0.2) is 8.42 Å². The van der Waals surface area contributed by atoms with E-state index >= 15 is 0 Å². The SMILES string of the molecule is CC(COC(F)(F)C(F)(F)S(=O)(=O)[O-])OC(=O)C12CC3CC(C1)C1(OCC(F)(F)C(F)(F)CO1)C(C3)C2. The van der Waals surface area contributed by atoms with E-state index in [9.17, 15) is 52.9 Å². The molecule has 5 fully saturated rings. The Morgan fingerprint density at radius 2 is 1.49 bits per heavy atom. The summed E-state index contributed by atoms with van der Waals surface area (Å²) in [5.74, 6) is -13.2. The number of hydrogen-bond acceptors (Lipinski definition) is 8. The van der Waals surface area contributed by atoms with Gasteiger partial charge in [0.25, 0.3) is 0 Å². The molecule has 1 aliphatic heterocycles. The van der Waals surface area contributed by atoms with Crippen LogP contribution in [0.25, 0.3) is 0 Å². The maximum Gasteiger partial charge on any atom is 0.433 e. The number of rotatable bonds is 7. The van der Waals surface area contributed by atoms with Crippen LogP contribution in [0.1, 0.15) is 39.0 Å². The standard InChI is InChI=1S/C20H24F8O8S/c1-10(7-33-19(25,26)20(27,28)37(30,31)32)36-14(29)15-4-11-2-12(5-15)18(13(3-11)6-15)34-8-16(21,22)17(23,24)9-35-18/h10-13H,2-9H2,1H3,(H,30,31,32)/p-1. The molecule has 8 nitrogen and oxygen atoms in total. The molecule has 1 spiro atoms. The van der Waals surface area contributed by atoms with E-state index < -0.39 is 88.3 Å². The first-order chi connectivity index (χ1) is 16.7. The molecule has 1 heterocycles. The van der Waals surface area contributed by atoms with Gasteiger partial charge >= 0.3 is 29.2 Å². The van der Waals surface area contributed by atoms with Crippen LogP contribution in [0, 0.1) is 23.2 Å². The van der Waals surface area contributed by atoms with Gasteiger partial charge < -0.3 is 23.5 Å². The fourth-order valence-electron chi connectivity index (χ4n) is 6.10. The monoisotopic (exact) mass is 575 g/mol. The minimum atomic E-state index is -6.78. The molecule has 4 aliphatic carbocycles. The zero-order valence-electron chi connectivity index (χ0n) is 19.2. The number of halogens is 8. The molecule has 4 bridgehead atoms. The zero-order chi connectivity index (χ0) is 27.9. The summed E-state index contributed by atoms with van der Waals surface area (Å²) in [5, 5.41) is -6.08. The second kappa shape index (κ2) is 8.60. The highest BCUT2D eigenvalue weighted by molar-refractivity contribution is 7.86. The van der Waals surface area contributed by atoms with E-state index in [1.54, 1.807) is 0 Å². The molecule has 4 saturated carbocycles. The summed E-state index contributed by atoms with van der Waals surface area (Å²) in [6, 6.07) is 0. The molecule has 3 atom stereocenters. The Hall–Kier alpha value is -1.30. The van der Waals surface area contributed by atoms with Gasteiger partial charge in [-0.1, -0.05) is 0 Å². The van der Waals surface area contributed by atoms with Crippen molar-refractivity contribution < 1.29 is 71.8 Å². The van der Waals surface area contributed by atoms with Crippen molar-refractivity contribution in [1.29, 1.82) is 0 Å². The molecule has 0 aromatic rings. The lowest BCUT2D eigenvalue weighted by Gasteiger charge is -2.62. The molecule has 1 saturated heterocycles. The normalized spacial score (nSPS) is 35.2. The van der Waals surface area contributed by atoms with Gasteiger partial charge in [-0.3, -0.25) is 4.79 Å². The molecule has 0 aromatic carbocycles. The summed E-state index contributed by atoms with van der Waals surface area (Å²) in [6.07, 6.45) is -6.48. The van der Waals surface area contributed by atoms with Crippen molar-refractivity contribution in [3.63, 3.8) is 0 Å². The Morgan fingerprint density at radius 3 is 1.95 bits per heavy atom. The highest BCUT2D eigenvalue weighted by Crippen LogP contribution is 2.66. The van der Waals surface area contributed by atoms with Gasteiger partial charge in [0.1, 0.15) is 19.3 Å². The lowest BCUT2D eigenvalue weighted by molar-refractivity contribution is -0.346. The summed E-state index contributed by atoms with van der Waals surface area (Å²) in [5.41, 5.74) is -1.26. The maximum absolute atomic E-state index is 13.9. The third-order valence-corrected chi connectivity index (χ3v) is 8.58. The van der Waals surface area contributed by atoms with Crippen molar-refractivity contribution in [1.82, 2.24) is 0 Å². The highest BCUT2D eigenvalue weighted by atomic mass is 32.2. The van der Waals surface area contributed by atoms with Gasteiger partial charge in [0, 0.05) is 11.8 Å². The molecule has 0 N–H and O–H groups in total. The Balaban J connectivity index is 1.44. The van der Waals surface area contributed by atoms with Crippen molar-refractivity contribution in [3.8, 4) is 0 Å². The van der Waals surface area contributed by atoms with E-state index in [0.29, 0.717) is 12.8 Å². The van der Waals surface area contributed by atoms with Crippen LogP contribution < -0.4 is 0 Å². The fraction of sp³-hybridized carbons (Fsp3) is 0.950. The van der Waals surface area contributed by atoms with Crippen LogP contribution in [-0.2, 0) is 33.9 Å². The second-order valence-electron chi connectivity index (χ2n) is 10.3. The summed E-state index contributed by atoms with van der Waals surface area (Å²) in [4.78, 5) is 13.1. The predicted octanol–water partition coefficient (Wildman–Crippen LogP) is 3.51. The number of alkyl halides is 8. The fourth-order valence-corrected chi connectivity index (χ4v) is 6.45. The van der Waals surface area contributed by atoms with Crippen molar-refractivity contribution in [2.24, 2.45) is 23.2 Å². The molecule has 5 rings (SSSR count). The van der Waals surface area contributed by atoms with Crippen molar-refractivity contribution >= 4 is 16.1 Å². The third-order valence-electron chi connectivity index (χ3n) is 7.71. The van der Waals surface area contributed by atoms with Gasteiger partial charge in [-0.05, 0) is 44.9 Å². The Bertz CT molecular complexity index is 999. The molecular formula is C20H23F8O8S-. The summed E-state index contributed by atoms with van der Waals surface area (Å²) < 4.78 is 160. The summed E-state index contributed by atoms with van der Waals surface area (Å²) in [7, 11) is -6.78. The van der Waals surface area contributed by atoms with E-state index in [1.165, 1.54) is 0 Å². The van der Waals surface area contributed by atoms with E-state index in [-0.39, 0.29) is 25.2 Å². The Kier molecular flexibility index (Phi) is 6.67. The third kappa shape index (κ3) is 4.51. The van der Waals surface area contributed by atoms with E-state index in [2.05, 4.69) is 4.74 Å². The van der Waals surface area contributed by atoms with Crippen molar-refractivity contribution in [2.45, 2.75) is 74.1 Å². The van der Waals surface area contributed by atoms with Crippen molar-refractivity contribution in [3.05, 3.63) is 0 Å². The molecule has 17 heteroatoms. The second-order valence-corrected chi connectivity index (χ2v) is 11.8. The first-order valence-corrected chi connectivity index (χ1v) is 12.7. The first-order valence-electron chi connectivity index (χ1n) is 11.3. The maximum atomic E-state index is 13.9. The number of hydrogen-bond donors (Lipinski definition) is 0. The van der Waals surface area contributed by atoms with Gasteiger partial charge in [-0.15, -0.1) is 0 Å². The van der Waals surface area contributed by atoms with Crippen LogP contribution in [0.5, 0.6) is 0 Å².